The van der Waals surface area contributed by atoms with E-state index in [2.05, 4.69) is 0 Å². The Morgan fingerprint density at radius 2 is 1.55 bits per heavy atom. The van der Waals surface area contributed by atoms with Crippen LogP contribution in [0.1, 0.15) is 24.8 Å². The van der Waals surface area contributed by atoms with Gasteiger partial charge in [-0.05, 0) is 31.1 Å². The molecule has 20 heavy (non-hydrogen) atoms. The number of benzene rings is 1. The van der Waals surface area contributed by atoms with Gasteiger partial charge in [-0.1, -0.05) is 43.2 Å². The molecule has 0 spiro atoms. The Morgan fingerprint density at radius 3 is 2.00 bits per heavy atom. The lowest BCUT2D eigenvalue weighted by molar-refractivity contribution is 0.608. The summed E-state index contributed by atoms with van der Waals surface area (Å²) in [6.45, 7) is -0.327. The van der Waals surface area contributed by atoms with Crippen LogP contribution in [0.25, 0.3) is 0 Å². The molecule has 1 aromatic rings. The first kappa shape index (κ1) is 19.2. The molecular formula is C13H19Cl5Si2. The van der Waals surface area contributed by atoms with Crippen LogP contribution in [0, 0.1) is 0 Å². The van der Waals surface area contributed by atoms with Gasteiger partial charge >= 0.3 is 0 Å². The van der Waals surface area contributed by atoms with Gasteiger partial charge in [-0.2, -0.15) is 0 Å². The minimum atomic E-state index is -2.38. The second kappa shape index (κ2) is 7.58. The summed E-state index contributed by atoms with van der Waals surface area (Å²) in [6, 6.07) is 10.9. The van der Waals surface area contributed by atoms with Crippen molar-refractivity contribution >= 4 is 69.3 Å². The van der Waals surface area contributed by atoms with Gasteiger partial charge in [0.1, 0.15) is 0 Å². The van der Waals surface area contributed by atoms with Crippen LogP contribution in [-0.2, 0) is 4.50 Å². The average molecular weight is 409 g/mol. The minimum Gasteiger partial charge on any atom is -0.146 e. The molecule has 0 amide bonds. The zero-order valence-corrected chi connectivity index (χ0v) is 17.4. The molecule has 1 fully saturated rings. The van der Waals surface area contributed by atoms with E-state index in [-0.39, 0.29) is 0 Å². The van der Waals surface area contributed by atoms with E-state index >= 15 is 0 Å². The molecule has 0 saturated carbocycles. The fourth-order valence-corrected chi connectivity index (χ4v) is 6.94. The van der Waals surface area contributed by atoms with Crippen molar-refractivity contribution in [3.05, 3.63) is 35.9 Å². The molecule has 0 aromatic heterocycles. The Labute approximate surface area is 147 Å². The van der Waals surface area contributed by atoms with Crippen LogP contribution in [0.5, 0.6) is 0 Å². The highest BCUT2D eigenvalue weighted by atomic mass is 35.7. The third kappa shape index (κ3) is 5.71. The van der Waals surface area contributed by atoms with Crippen molar-refractivity contribution in [3.63, 3.8) is 0 Å². The molecule has 1 heterocycles. The van der Waals surface area contributed by atoms with E-state index in [4.69, 9.17) is 55.9 Å². The van der Waals surface area contributed by atoms with Gasteiger partial charge in [-0.3, -0.25) is 0 Å². The van der Waals surface area contributed by atoms with Gasteiger partial charge in [0.05, 0.1) is 4.50 Å². The maximum absolute atomic E-state index is 6.69. The number of rotatable bonds is 1. The molecule has 1 aromatic carbocycles. The largest absolute Gasteiger partial charge is 0.275 e. The summed E-state index contributed by atoms with van der Waals surface area (Å²) in [7, 11) is 0. The second-order valence-corrected chi connectivity index (χ2v) is 22.5. The summed E-state index contributed by atoms with van der Waals surface area (Å²) in [5, 5.41) is 0. The number of halogens is 5. The van der Waals surface area contributed by atoms with E-state index in [1.165, 1.54) is 0 Å². The Kier molecular flexibility index (Phi) is 7.26. The normalized spacial score (nSPS) is 25.6. The highest BCUT2D eigenvalue weighted by Crippen LogP contribution is 2.52. The lowest BCUT2D eigenvalue weighted by Crippen LogP contribution is -2.46. The van der Waals surface area contributed by atoms with Gasteiger partial charge in [-0.15, -0.1) is 55.9 Å². The van der Waals surface area contributed by atoms with E-state index in [9.17, 15) is 0 Å². The maximum atomic E-state index is 6.69. The molecule has 2 rings (SSSR count). The maximum Gasteiger partial charge on any atom is 0.275 e. The molecule has 0 bridgehead atoms. The van der Waals surface area contributed by atoms with Gasteiger partial charge in [-0.25, -0.2) is 0 Å². The van der Waals surface area contributed by atoms with Crippen molar-refractivity contribution in [2.45, 2.75) is 42.9 Å². The fraction of sp³-hybridized carbons (Fsp3) is 0.538. The lowest BCUT2D eigenvalue weighted by Gasteiger charge is -2.40. The summed E-state index contributed by atoms with van der Waals surface area (Å²) in [5.74, 6) is 0. The van der Waals surface area contributed by atoms with Crippen molar-refractivity contribution in [2.24, 2.45) is 0 Å². The number of hydrogen-bond donors (Lipinski definition) is 0. The molecule has 1 unspecified atom stereocenters. The standard InChI is InChI=1S/C11H13Cl3Si.C2H6Cl2Si/c12-11(10-6-2-1-3-7-10)8-4-5-9-15(11,13)14;1-5(2,3)4/h1-3,6-7H,4-5,8-9H2;1-2H3. The van der Waals surface area contributed by atoms with Gasteiger partial charge in [0.25, 0.3) is 6.69 Å². The molecule has 1 aliphatic rings. The zero-order chi connectivity index (χ0) is 15.4. The molecular weight excluding hydrogens is 390 g/mol. The highest BCUT2D eigenvalue weighted by Gasteiger charge is 2.53. The van der Waals surface area contributed by atoms with Crippen LogP contribution < -0.4 is 0 Å². The summed E-state index contributed by atoms with van der Waals surface area (Å²) in [4.78, 5) is 0. The van der Waals surface area contributed by atoms with E-state index < -0.39 is 17.9 Å². The van der Waals surface area contributed by atoms with E-state index in [0.29, 0.717) is 0 Å². The monoisotopic (exact) mass is 406 g/mol. The van der Waals surface area contributed by atoms with Crippen LogP contribution in [0.2, 0.25) is 19.1 Å². The topological polar surface area (TPSA) is 0 Å². The van der Waals surface area contributed by atoms with E-state index in [0.717, 1.165) is 30.9 Å². The zero-order valence-electron chi connectivity index (χ0n) is 11.6. The Morgan fingerprint density at radius 1 is 1.05 bits per heavy atom. The van der Waals surface area contributed by atoms with Crippen LogP contribution in [0.3, 0.4) is 0 Å². The van der Waals surface area contributed by atoms with E-state index in [1.54, 1.807) is 0 Å². The molecule has 0 nitrogen and oxygen atoms in total. The lowest BCUT2D eigenvalue weighted by atomic mass is 10.1. The average Bonchev–Trinajstić information content (AvgIpc) is 2.32. The quantitative estimate of drug-likeness (QED) is 0.268. The Bertz CT molecular complexity index is 413. The van der Waals surface area contributed by atoms with Gasteiger partial charge < -0.3 is 0 Å². The molecule has 0 radical (unpaired) electrons. The number of alkyl halides is 1. The van der Waals surface area contributed by atoms with Crippen LogP contribution >= 0.6 is 55.9 Å². The first-order chi connectivity index (χ1) is 9.06. The van der Waals surface area contributed by atoms with Crippen molar-refractivity contribution < 1.29 is 0 Å². The fourth-order valence-electron chi connectivity index (χ4n) is 2.15. The van der Waals surface area contributed by atoms with Gasteiger partial charge in [0.15, 0.2) is 0 Å². The SMILES string of the molecule is C[Si](C)(Cl)Cl.ClC1(c2ccccc2)CCCC[Si]1(Cl)Cl. The third-order valence-electron chi connectivity index (χ3n) is 3.07. The molecule has 7 heteroatoms. The minimum absolute atomic E-state index is 0.490. The first-order valence-corrected chi connectivity index (χ1v) is 16.2. The summed E-state index contributed by atoms with van der Waals surface area (Å²) in [6.07, 6.45) is 3.13. The van der Waals surface area contributed by atoms with Crippen molar-refractivity contribution in [1.82, 2.24) is 0 Å². The summed E-state index contributed by atoms with van der Waals surface area (Å²) < 4.78 is -0.490. The van der Waals surface area contributed by atoms with Crippen LogP contribution in [-0.4, -0.2) is 13.4 Å². The summed E-state index contributed by atoms with van der Waals surface area (Å²) in [5.41, 5.74) is 1.09. The molecule has 114 valence electrons. The van der Waals surface area contributed by atoms with Crippen LogP contribution in [0.15, 0.2) is 30.3 Å². The predicted molar refractivity (Wildman–Crippen MR) is 99.3 cm³/mol. The van der Waals surface area contributed by atoms with Crippen LogP contribution in [0.4, 0.5) is 0 Å². The Hall–Kier alpha value is 1.10. The third-order valence-corrected chi connectivity index (χ3v) is 10.8. The van der Waals surface area contributed by atoms with Gasteiger partial charge in [0, 0.05) is 0 Å². The molecule has 1 saturated heterocycles. The molecule has 0 aliphatic carbocycles. The molecule has 0 N–H and O–H groups in total. The molecule has 1 atom stereocenters. The highest BCUT2D eigenvalue weighted by molar-refractivity contribution is 7.48. The first-order valence-electron chi connectivity index (χ1n) is 6.56. The predicted octanol–water partition coefficient (Wildman–Crippen LogP) is 6.93. The van der Waals surface area contributed by atoms with Gasteiger partial charge in [0.2, 0.25) is 6.69 Å². The van der Waals surface area contributed by atoms with Crippen molar-refractivity contribution in [2.75, 3.05) is 0 Å². The smallest absolute Gasteiger partial charge is 0.146 e. The van der Waals surface area contributed by atoms with Crippen molar-refractivity contribution in [3.8, 4) is 0 Å². The number of hydrogen-bond acceptors (Lipinski definition) is 0. The second-order valence-electron chi connectivity index (χ2n) is 5.41. The summed E-state index contributed by atoms with van der Waals surface area (Å²) >= 11 is 30.5. The van der Waals surface area contributed by atoms with E-state index in [1.807, 2.05) is 43.4 Å². The van der Waals surface area contributed by atoms with Crippen molar-refractivity contribution in [1.29, 1.82) is 0 Å². The Balaban J connectivity index is 0.000000347. The molecule has 1 aliphatic heterocycles.